The molecular formula is C23H26O10. The lowest BCUT2D eigenvalue weighted by Gasteiger charge is -2.67. The summed E-state index contributed by atoms with van der Waals surface area (Å²) in [5.74, 6) is -4.21. The SMILES string of the molecule is COC(=O)[C@]12OC[C@]34[C@H]([C@@H](O)[C@@H]1O)[C@@]1(C)C=C5OC(=O)C=C5[C@@H](C)[C@@H]1C[C@H]3OC(=O)[C@H](O)[C@@H]24. The summed E-state index contributed by atoms with van der Waals surface area (Å²) in [6.07, 6.45) is -2.12. The summed E-state index contributed by atoms with van der Waals surface area (Å²) in [5.41, 5.74) is -3.35. The van der Waals surface area contributed by atoms with Crippen LogP contribution in [0.1, 0.15) is 20.3 Å². The smallest absolute Gasteiger partial charge is 0.341 e. The van der Waals surface area contributed by atoms with Gasteiger partial charge < -0.3 is 34.3 Å². The van der Waals surface area contributed by atoms with Gasteiger partial charge in [-0.05, 0) is 29.7 Å². The second-order valence-corrected chi connectivity index (χ2v) is 10.5. The van der Waals surface area contributed by atoms with Crippen LogP contribution in [0.5, 0.6) is 0 Å². The monoisotopic (exact) mass is 462 g/mol. The number of aliphatic hydroxyl groups excluding tert-OH is 3. The first-order valence-electron chi connectivity index (χ1n) is 11.2. The Hall–Kier alpha value is -2.27. The number of allylic oxidation sites excluding steroid dienone is 2. The summed E-state index contributed by atoms with van der Waals surface area (Å²) in [6, 6.07) is 0. The molecule has 0 aromatic carbocycles. The number of rotatable bonds is 1. The van der Waals surface area contributed by atoms with E-state index in [0.29, 0.717) is 12.2 Å². The minimum atomic E-state index is -2.11. The van der Waals surface area contributed by atoms with Crippen LogP contribution in [-0.4, -0.2) is 77.0 Å². The summed E-state index contributed by atoms with van der Waals surface area (Å²) in [6.45, 7) is 3.75. The predicted molar refractivity (Wildman–Crippen MR) is 106 cm³/mol. The highest BCUT2D eigenvalue weighted by molar-refractivity contribution is 5.89. The molecule has 2 saturated carbocycles. The normalized spacial score (nSPS) is 53.6. The number of ether oxygens (including phenoxy) is 4. The second-order valence-electron chi connectivity index (χ2n) is 10.5. The first-order chi connectivity index (χ1) is 15.5. The molecule has 3 aliphatic heterocycles. The van der Waals surface area contributed by atoms with E-state index in [9.17, 15) is 29.7 Å². The van der Waals surface area contributed by atoms with Crippen molar-refractivity contribution < 1.29 is 48.7 Å². The molecule has 10 nitrogen and oxygen atoms in total. The second kappa shape index (κ2) is 6.24. The average Bonchev–Trinajstić information content (AvgIpc) is 3.29. The first kappa shape index (κ1) is 21.3. The number of aliphatic hydroxyl groups is 3. The van der Waals surface area contributed by atoms with Gasteiger partial charge in [-0.2, -0.15) is 0 Å². The Balaban J connectivity index is 1.60. The maximum absolute atomic E-state index is 13.0. The van der Waals surface area contributed by atoms with E-state index in [1.807, 2.05) is 19.9 Å². The van der Waals surface area contributed by atoms with E-state index in [2.05, 4.69) is 0 Å². The fourth-order valence-corrected chi connectivity index (χ4v) is 8.31. The van der Waals surface area contributed by atoms with Crippen molar-refractivity contribution in [3.63, 3.8) is 0 Å². The van der Waals surface area contributed by atoms with Crippen molar-refractivity contribution in [2.24, 2.45) is 34.5 Å². The summed E-state index contributed by atoms with van der Waals surface area (Å²) < 4.78 is 22.0. The van der Waals surface area contributed by atoms with E-state index >= 15 is 0 Å². The molecule has 6 rings (SSSR count). The van der Waals surface area contributed by atoms with Crippen LogP contribution in [-0.2, 0) is 33.3 Å². The van der Waals surface area contributed by atoms with Gasteiger partial charge in [-0.1, -0.05) is 13.8 Å². The van der Waals surface area contributed by atoms with Crippen molar-refractivity contribution in [3.05, 3.63) is 23.5 Å². The number of fused-ring (bicyclic) bond motifs is 3. The molecule has 3 aliphatic carbocycles. The largest absolute Gasteiger partial charge is 0.467 e. The Morgan fingerprint density at radius 2 is 1.94 bits per heavy atom. The molecule has 0 unspecified atom stereocenters. The average molecular weight is 462 g/mol. The molecule has 0 radical (unpaired) electrons. The molecule has 2 saturated heterocycles. The van der Waals surface area contributed by atoms with Crippen molar-refractivity contribution >= 4 is 17.9 Å². The van der Waals surface area contributed by atoms with E-state index in [1.165, 1.54) is 6.08 Å². The molecule has 4 fully saturated rings. The standard InChI is InChI=1S/C23H26O10/c1-8-9-4-13(24)32-11(9)6-21(2)10(8)5-12-22-7-31-23(20(29)30-3,18(27)14(25)16(21)22)17(22)15(26)19(28)33-12/h4,6,8,10,12,14-18,25-27H,5,7H2,1-3H3/t8-,10+,12-,14-,15-,16-,17-,18+,21+,22-,23-/m1/s1. The number of esters is 3. The topological polar surface area (TPSA) is 149 Å². The highest BCUT2D eigenvalue weighted by atomic mass is 16.6. The molecule has 0 aromatic rings. The molecule has 10 heteroatoms. The number of hydrogen-bond acceptors (Lipinski definition) is 10. The third kappa shape index (κ3) is 2.12. The summed E-state index contributed by atoms with van der Waals surface area (Å²) in [7, 11) is 1.12. The fraction of sp³-hybridized carbons (Fsp3) is 0.696. The molecule has 0 amide bonds. The molecule has 6 aliphatic rings. The van der Waals surface area contributed by atoms with Gasteiger partial charge in [0.2, 0.25) is 0 Å². The van der Waals surface area contributed by atoms with Crippen LogP contribution in [0, 0.1) is 34.5 Å². The molecule has 178 valence electrons. The van der Waals surface area contributed by atoms with Gasteiger partial charge in [0.1, 0.15) is 18.0 Å². The van der Waals surface area contributed by atoms with Crippen LogP contribution < -0.4 is 0 Å². The lowest BCUT2D eigenvalue weighted by Crippen LogP contribution is -2.78. The van der Waals surface area contributed by atoms with E-state index in [4.69, 9.17) is 18.9 Å². The molecule has 0 aromatic heterocycles. The molecule has 3 heterocycles. The van der Waals surface area contributed by atoms with Crippen LogP contribution in [0.15, 0.2) is 23.5 Å². The third-order valence-electron chi connectivity index (χ3n) is 9.45. The molecule has 2 bridgehead atoms. The van der Waals surface area contributed by atoms with Gasteiger partial charge in [0.05, 0.1) is 25.7 Å². The van der Waals surface area contributed by atoms with E-state index < -0.39 is 70.6 Å². The Labute approximate surface area is 189 Å². The van der Waals surface area contributed by atoms with Crippen molar-refractivity contribution in [2.75, 3.05) is 13.7 Å². The maximum Gasteiger partial charge on any atom is 0.341 e. The maximum atomic E-state index is 13.0. The van der Waals surface area contributed by atoms with Gasteiger partial charge in [0, 0.05) is 23.0 Å². The minimum Gasteiger partial charge on any atom is -0.467 e. The zero-order valence-corrected chi connectivity index (χ0v) is 18.4. The summed E-state index contributed by atoms with van der Waals surface area (Å²) in [5, 5.41) is 33.8. The molecule has 11 atom stereocenters. The molecule has 1 spiro atoms. The van der Waals surface area contributed by atoms with Crippen molar-refractivity contribution in [1.29, 1.82) is 0 Å². The van der Waals surface area contributed by atoms with Gasteiger partial charge in [0.25, 0.3) is 0 Å². The highest BCUT2D eigenvalue weighted by Crippen LogP contribution is 2.72. The Kier molecular flexibility index (Phi) is 4.02. The van der Waals surface area contributed by atoms with E-state index in [-0.39, 0.29) is 18.4 Å². The summed E-state index contributed by atoms with van der Waals surface area (Å²) >= 11 is 0. The summed E-state index contributed by atoms with van der Waals surface area (Å²) in [4.78, 5) is 37.7. The van der Waals surface area contributed by atoms with Gasteiger partial charge in [-0.3, -0.25) is 0 Å². The molecule has 3 N–H and O–H groups in total. The Morgan fingerprint density at radius 1 is 1.21 bits per heavy atom. The van der Waals surface area contributed by atoms with Gasteiger partial charge in [0.15, 0.2) is 11.7 Å². The lowest BCUT2D eigenvalue weighted by atomic mass is 9.38. The fourth-order valence-electron chi connectivity index (χ4n) is 8.31. The zero-order valence-electron chi connectivity index (χ0n) is 18.4. The Bertz CT molecular complexity index is 1050. The quantitative estimate of drug-likeness (QED) is 0.334. The van der Waals surface area contributed by atoms with Crippen molar-refractivity contribution in [2.45, 2.75) is 50.3 Å². The van der Waals surface area contributed by atoms with Crippen LogP contribution in [0.4, 0.5) is 0 Å². The van der Waals surface area contributed by atoms with Gasteiger partial charge in [-0.15, -0.1) is 0 Å². The Morgan fingerprint density at radius 3 is 2.64 bits per heavy atom. The predicted octanol–water partition coefficient (Wildman–Crippen LogP) is -0.788. The number of hydrogen-bond donors (Lipinski definition) is 3. The van der Waals surface area contributed by atoms with Crippen molar-refractivity contribution in [3.8, 4) is 0 Å². The van der Waals surface area contributed by atoms with Gasteiger partial charge >= 0.3 is 17.9 Å². The number of methoxy groups -OCH3 is 1. The van der Waals surface area contributed by atoms with Crippen LogP contribution in [0.25, 0.3) is 0 Å². The van der Waals surface area contributed by atoms with E-state index in [0.717, 1.165) is 12.7 Å². The molecule has 33 heavy (non-hydrogen) atoms. The molecular weight excluding hydrogens is 436 g/mol. The number of carbonyl (C=O) groups excluding carboxylic acids is 3. The van der Waals surface area contributed by atoms with Crippen LogP contribution in [0.3, 0.4) is 0 Å². The lowest BCUT2D eigenvalue weighted by molar-refractivity contribution is -0.287. The van der Waals surface area contributed by atoms with Crippen LogP contribution in [0.2, 0.25) is 0 Å². The highest BCUT2D eigenvalue weighted by Gasteiger charge is 2.84. The van der Waals surface area contributed by atoms with E-state index in [1.54, 1.807) is 0 Å². The van der Waals surface area contributed by atoms with Gasteiger partial charge in [-0.25, -0.2) is 14.4 Å². The minimum absolute atomic E-state index is 0.122. The third-order valence-corrected chi connectivity index (χ3v) is 9.45. The first-order valence-corrected chi connectivity index (χ1v) is 11.2. The van der Waals surface area contributed by atoms with Crippen LogP contribution >= 0.6 is 0 Å². The van der Waals surface area contributed by atoms with Crippen molar-refractivity contribution in [1.82, 2.24) is 0 Å². The zero-order chi connectivity index (χ0) is 23.7. The number of carbonyl (C=O) groups is 3.